The molecule has 0 radical (unpaired) electrons. The lowest BCUT2D eigenvalue weighted by Crippen LogP contribution is -2.32. The number of hydrogen-bond donors (Lipinski definition) is 3. The minimum absolute atomic E-state index is 0.0389. The zero-order valence-corrected chi connectivity index (χ0v) is 17.1. The molecule has 0 saturated carbocycles. The number of amides is 3. The largest absolute Gasteiger partial charge is 0.379 e. The van der Waals surface area contributed by atoms with E-state index in [4.69, 9.17) is 25.4 Å². The van der Waals surface area contributed by atoms with E-state index >= 15 is 0 Å². The number of hydrogen-bond acceptors (Lipinski definition) is 7. The van der Waals surface area contributed by atoms with Crippen molar-refractivity contribution in [3.63, 3.8) is 0 Å². The van der Waals surface area contributed by atoms with E-state index in [1.165, 1.54) is 6.92 Å². The molecule has 10 heteroatoms. The number of carbonyl (C=O) groups is 3. The average molecular weight is 415 g/mol. The number of terminal acetylenes is 1. The molecule has 0 aliphatic rings. The van der Waals surface area contributed by atoms with Gasteiger partial charge in [-0.15, -0.1) is 6.42 Å². The van der Waals surface area contributed by atoms with Gasteiger partial charge in [-0.3, -0.25) is 14.4 Å². The van der Waals surface area contributed by atoms with Crippen LogP contribution in [0.1, 0.15) is 19.8 Å². The van der Waals surface area contributed by atoms with Crippen LogP contribution in [-0.4, -0.2) is 90.2 Å². The van der Waals surface area contributed by atoms with E-state index in [1.807, 2.05) is 0 Å². The maximum atomic E-state index is 11.5. The van der Waals surface area contributed by atoms with Crippen molar-refractivity contribution in [2.45, 2.75) is 19.8 Å². The van der Waals surface area contributed by atoms with Crippen molar-refractivity contribution in [1.82, 2.24) is 16.0 Å². The summed E-state index contributed by atoms with van der Waals surface area (Å²) in [5.74, 6) is 1.57. The molecule has 0 aromatic heterocycles. The van der Waals surface area contributed by atoms with Crippen LogP contribution in [0.4, 0.5) is 0 Å². The molecule has 0 unspecified atom stereocenters. The molecule has 0 heterocycles. The van der Waals surface area contributed by atoms with E-state index in [0.717, 1.165) is 6.42 Å². The standard InChI is InChI=1S/C19H33N3O7/c1-3-6-21-18(24)15-29-16-19(25)22-8-5-10-27-12-14-28-13-11-26-9-4-7-20-17(2)23/h1H,4-16H2,2H3,(H,20,23)(H,21,24)(H,22,25). The van der Waals surface area contributed by atoms with Gasteiger partial charge in [0.25, 0.3) is 0 Å². The van der Waals surface area contributed by atoms with Gasteiger partial charge in [0.1, 0.15) is 13.2 Å². The number of nitrogens with one attached hydrogen (secondary N) is 3. The lowest BCUT2D eigenvalue weighted by atomic mass is 10.4. The van der Waals surface area contributed by atoms with Crippen molar-refractivity contribution >= 4 is 17.7 Å². The molecule has 10 nitrogen and oxygen atoms in total. The lowest BCUT2D eigenvalue weighted by molar-refractivity contribution is -0.130. The first kappa shape index (κ1) is 26.8. The summed E-state index contributed by atoms with van der Waals surface area (Å²) in [6.07, 6.45) is 6.43. The Kier molecular flexibility index (Phi) is 19.0. The van der Waals surface area contributed by atoms with Gasteiger partial charge in [0, 0.05) is 33.2 Å². The molecule has 0 spiro atoms. The Hall–Kier alpha value is -2.19. The molecule has 0 aromatic carbocycles. The van der Waals surface area contributed by atoms with E-state index in [0.29, 0.717) is 59.2 Å². The van der Waals surface area contributed by atoms with Crippen LogP contribution >= 0.6 is 0 Å². The molecule has 0 bridgehead atoms. The van der Waals surface area contributed by atoms with Gasteiger partial charge in [0.15, 0.2) is 0 Å². The van der Waals surface area contributed by atoms with Gasteiger partial charge in [-0.2, -0.15) is 0 Å². The zero-order chi connectivity index (χ0) is 21.6. The molecule has 0 aromatic rings. The van der Waals surface area contributed by atoms with Crippen LogP contribution < -0.4 is 16.0 Å². The third-order valence-corrected chi connectivity index (χ3v) is 3.22. The first-order chi connectivity index (χ1) is 14.1. The summed E-state index contributed by atoms with van der Waals surface area (Å²) in [4.78, 5) is 33.3. The quantitative estimate of drug-likeness (QED) is 0.179. The minimum atomic E-state index is -0.361. The average Bonchev–Trinajstić information content (AvgIpc) is 2.69. The Morgan fingerprint density at radius 1 is 0.724 bits per heavy atom. The number of ether oxygens (including phenoxy) is 4. The van der Waals surface area contributed by atoms with Crippen molar-refractivity contribution in [3.8, 4) is 12.3 Å². The van der Waals surface area contributed by atoms with E-state index < -0.39 is 0 Å². The van der Waals surface area contributed by atoms with Gasteiger partial charge in [-0.1, -0.05) is 5.92 Å². The third-order valence-electron chi connectivity index (χ3n) is 3.22. The minimum Gasteiger partial charge on any atom is -0.379 e. The highest BCUT2D eigenvalue weighted by atomic mass is 16.5. The normalized spacial score (nSPS) is 10.2. The SMILES string of the molecule is C#CCNC(=O)COCC(=O)NCCCOCCOCCOCCCNC(C)=O. The van der Waals surface area contributed by atoms with Crippen LogP contribution in [0.5, 0.6) is 0 Å². The van der Waals surface area contributed by atoms with Crippen LogP contribution in [-0.2, 0) is 33.3 Å². The van der Waals surface area contributed by atoms with Crippen molar-refractivity contribution in [1.29, 1.82) is 0 Å². The maximum absolute atomic E-state index is 11.5. The van der Waals surface area contributed by atoms with Crippen LogP contribution in [0, 0.1) is 12.3 Å². The fourth-order valence-electron chi connectivity index (χ4n) is 1.87. The molecule has 0 fully saturated rings. The first-order valence-corrected chi connectivity index (χ1v) is 9.58. The number of rotatable bonds is 19. The molecular formula is C19H33N3O7. The Morgan fingerprint density at radius 2 is 1.21 bits per heavy atom. The van der Waals surface area contributed by atoms with Crippen molar-refractivity contribution in [3.05, 3.63) is 0 Å². The molecule has 3 amide bonds. The zero-order valence-electron chi connectivity index (χ0n) is 17.1. The molecule has 0 aliphatic heterocycles. The van der Waals surface area contributed by atoms with Crippen molar-refractivity contribution in [2.24, 2.45) is 0 Å². The molecule has 0 saturated heterocycles. The van der Waals surface area contributed by atoms with Crippen LogP contribution in [0.3, 0.4) is 0 Å². The Balaban J connectivity index is 3.23. The van der Waals surface area contributed by atoms with Gasteiger partial charge >= 0.3 is 0 Å². The topological polar surface area (TPSA) is 124 Å². The fourth-order valence-corrected chi connectivity index (χ4v) is 1.87. The summed E-state index contributed by atoms with van der Waals surface area (Å²) in [5, 5.41) is 7.79. The third kappa shape index (κ3) is 22.0. The summed E-state index contributed by atoms with van der Waals surface area (Å²) >= 11 is 0. The predicted molar refractivity (Wildman–Crippen MR) is 106 cm³/mol. The second-order valence-electron chi connectivity index (χ2n) is 5.85. The first-order valence-electron chi connectivity index (χ1n) is 9.58. The molecular weight excluding hydrogens is 382 g/mol. The van der Waals surface area contributed by atoms with Crippen molar-refractivity contribution < 1.29 is 33.3 Å². The van der Waals surface area contributed by atoms with E-state index in [2.05, 4.69) is 21.9 Å². The van der Waals surface area contributed by atoms with Gasteiger partial charge in [-0.25, -0.2) is 0 Å². The lowest BCUT2D eigenvalue weighted by Gasteiger charge is -2.08. The summed E-state index contributed by atoms with van der Waals surface area (Å²) in [6, 6.07) is 0. The highest BCUT2D eigenvalue weighted by Crippen LogP contribution is 1.86. The Labute approximate surface area is 172 Å². The highest BCUT2D eigenvalue weighted by molar-refractivity contribution is 5.79. The summed E-state index contributed by atoms with van der Waals surface area (Å²) < 4.78 is 21.1. The summed E-state index contributed by atoms with van der Waals surface area (Å²) in [5.41, 5.74) is 0. The van der Waals surface area contributed by atoms with Gasteiger partial charge in [-0.05, 0) is 12.8 Å². The highest BCUT2D eigenvalue weighted by Gasteiger charge is 2.04. The van der Waals surface area contributed by atoms with Crippen LogP contribution in [0.15, 0.2) is 0 Å². The predicted octanol–water partition coefficient (Wildman–Crippen LogP) is -1.17. The molecule has 0 aliphatic carbocycles. The molecule has 0 rings (SSSR count). The van der Waals surface area contributed by atoms with E-state index in [9.17, 15) is 14.4 Å². The molecule has 0 atom stereocenters. The second kappa shape index (κ2) is 20.5. The van der Waals surface area contributed by atoms with E-state index in [1.54, 1.807) is 0 Å². The van der Waals surface area contributed by atoms with Gasteiger partial charge in [0.2, 0.25) is 17.7 Å². The Morgan fingerprint density at radius 3 is 1.72 bits per heavy atom. The Bertz CT molecular complexity index is 495. The number of carbonyl (C=O) groups excluding carboxylic acids is 3. The van der Waals surface area contributed by atoms with Gasteiger partial charge < -0.3 is 34.9 Å². The molecule has 3 N–H and O–H groups in total. The summed E-state index contributed by atoms with van der Waals surface area (Å²) in [7, 11) is 0. The second-order valence-corrected chi connectivity index (χ2v) is 5.85. The van der Waals surface area contributed by atoms with Gasteiger partial charge in [0.05, 0.1) is 33.0 Å². The van der Waals surface area contributed by atoms with Crippen LogP contribution in [0.25, 0.3) is 0 Å². The summed E-state index contributed by atoms with van der Waals surface area (Å²) in [6.45, 7) is 5.29. The van der Waals surface area contributed by atoms with Crippen molar-refractivity contribution in [2.75, 3.05) is 72.5 Å². The molecule has 166 valence electrons. The van der Waals surface area contributed by atoms with Crippen LogP contribution in [0.2, 0.25) is 0 Å². The van der Waals surface area contributed by atoms with E-state index in [-0.39, 0.29) is 37.5 Å². The fraction of sp³-hybridized carbons (Fsp3) is 0.737. The smallest absolute Gasteiger partial charge is 0.246 e. The monoisotopic (exact) mass is 415 g/mol. The maximum Gasteiger partial charge on any atom is 0.246 e. The molecule has 29 heavy (non-hydrogen) atoms.